The zero-order valence-electron chi connectivity index (χ0n) is 24.6. The molecule has 3 N–H and O–H groups in total. The van der Waals surface area contributed by atoms with Crippen molar-refractivity contribution in [3.63, 3.8) is 0 Å². The first kappa shape index (κ1) is 29.0. The summed E-state index contributed by atoms with van der Waals surface area (Å²) in [5.74, 6) is 0.755. The summed E-state index contributed by atoms with van der Waals surface area (Å²) >= 11 is 0. The maximum absolute atomic E-state index is 13.9. The van der Waals surface area contributed by atoms with Crippen molar-refractivity contribution in [3.05, 3.63) is 120 Å². The second-order valence-corrected chi connectivity index (χ2v) is 11.2. The first-order valence-electron chi connectivity index (χ1n) is 15.0. The molecule has 1 atom stereocenters. The molecule has 0 saturated heterocycles. The van der Waals surface area contributed by atoms with Crippen LogP contribution in [-0.2, 0) is 16.9 Å². The Labute approximate surface area is 256 Å². The predicted octanol–water partition coefficient (Wildman–Crippen LogP) is 7.93. The van der Waals surface area contributed by atoms with Gasteiger partial charge in [-0.2, -0.15) is 0 Å². The number of H-pyrrole nitrogens is 1. The maximum atomic E-state index is 13.9. The molecule has 0 radical (unpaired) electrons. The van der Waals surface area contributed by atoms with E-state index in [1.165, 1.54) is 12.1 Å². The number of anilines is 1. The van der Waals surface area contributed by atoms with Crippen LogP contribution in [0.2, 0.25) is 0 Å². The standard InChI is InChI=1S/C35H35FN6O2/c1-24(26-13-7-3-8-14-26)38-33-37-22-19-29(39-33)31-30(27-15-17-28(36)18-16-27)40-32(41-31)35(20-9-4-10-21-35)42-34(43)44-23-25-11-5-2-6-12-25/h2-3,5-8,11-19,22,24H,4,9-10,20-21,23H2,1H3,(H,40,41)(H,42,43)(H,37,38,39). The van der Waals surface area contributed by atoms with Crippen LogP contribution in [0.3, 0.4) is 0 Å². The van der Waals surface area contributed by atoms with Gasteiger partial charge in [0.25, 0.3) is 0 Å². The summed E-state index contributed by atoms with van der Waals surface area (Å²) in [6.45, 7) is 2.23. The van der Waals surface area contributed by atoms with Gasteiger partial charge in [-0.1, -0.05) is 79.9 Å². The normalized spacial score (nSPS) is 14.9. The molecule has 0 bridgehead atoms. The molecule has 224 valence electrons. The number of halogens is 1. The van der Waals surface area contributed by atoms with Crippen LogP contribution in [0.25, 0.3) is 22.6 Å². The van der Waals surface area contributed by atoms with Gasteiger partial charge < -0.3 is 20.4 Å². The minimum Gasteiger partial charge on any atom is -0.445 e. The van der Waals surface area contributed by atoms with Gasteiger partial charge in [0.15, 0.2) is 0 Å². The van der Waals surface area contributed by atoms with Crippen LogP contribution in [0.5, 0.6) is 0 Å². The lowest BCUT2D eigenvalue weighted by Crippen LogP contribution is -2.48. The van der Waals surface area contributed by atoms with E-state index in [-0.39, 0.29) is 18.5 Å². The first-order chi connectivity index (χ1) is 21.5. The van der Waals surface area contributed by atoms with E-state index in [1.54, 1.807) is 18.3 Å². The number of hydrogen-bond acceptors (Lipinski definition) is 6. The number of nitrogens with zero attached hydrogens (tertiary/aromatic N) is 3. The van der Waals surface area contributed by atoms with Crippen molar-refractivity contribution >= 4 is 12.0 Å². The summed E-state index contributed by atoms with van der Waals surface area (Å²) in [6, 6.07) is 27.7. The number of amides is 1. The number of carbonyl (C=O) groups is 1. The molecule has 2 heterocycles. The summed E-state index contributed by atoms with van der Waals surface area (Å²) in [6.07, 6.45) is 5.54. The van der Waals surface area contributed by atoms with Crippen molar-refractivity contribution in [2.24, 2.45) is 0 Å². The number of carbonyl (C=O) groups excluding carboxylic acids is 1. The van der Waals surface area contributed by atoms with Gasteiger partial charge in [-0.05, 0) is 61.2 Å². The molecule has 1 amide bonds. The Morgan fingerprint density at radius 3 is 2.36 bits per heavy atom. The summed E-state index contributed by atoms with van der Waals surface area (Å²) in [5.41, 5.74) is 3.90. The van der Waals surface area contributed by atoms with Gasteiger partial charge in [-0.25, -0.2) is 24.1 Å². The van der Waals surface area contributed by atoms with Gasteiger partial charge in [0, 0.05) is 11.8 Å². The van der Waals surface area contributed by atoms with Crippen LogP contribution in [0.15, 0.2) is 97.2 Å². The molecule has 8 nitrogen and oxygen atoms in total. The lowest BCUT2D eigenvalue weighted by Gasteiger charge is -2.36. The number of aromatic nitrogens is 4. The second kappa shape index (κ2) is 13.1. The second-order valence-electron chi connectivity index (χ2n) is 11.2. The molecule has 1 fully saturated rings. The van der Waals surface area contributed by atoms with Crippen LogP contribution in [-0.4, -0.2) is 26.0 Å². The third kappa shape index (κ3) is 6.62. The van der Waals surface area contributed by atoms with Crippen LogP contribution in [0.4, 0.5) is 15.1 Å². The Kier molecular flexibility index (Phi) is 8.63. The fourth-order valence-electron chi connectivity index (χ4n) is 5.72. The molecular formula is C35H35FN6O2. The molecule has 5 aromatic rings. The van der Waals surface area contributed by atoms with Gasteiger partial charge in [-0.3, -0.25) is 0 Å². The van der Waals surface area contributed by atoms with Gasteiger partial charge in [0.2, 0.25) is 5.95 Å². The van der Waals surface area contributed by atoms with E-state index < -0.39 is 11.6 Å². The summed E-state index contributed by atoms with van der Waals surface area (Å²) < 4.78 is 19.5. The van der Waals surface area contributed by atoms with Crippen LogP contribution in [0.1, 0.15) is 62.0 Å². The molecule has 2 aromatic heterocycles. The summed E-state index contributed by atoms with van der Waals surface area (Å²) in [7, 11) is 0. The van der Waals surface area contributed by atoms with Crippen molar-refractivity contribution in [3.8, 4) is 22.6 Å². The van der Waals surface area contributed by atoms with E-state index in [1.807, 2.05) is 54.6 Å². The number of ether oxygens (including phenoxy) is 1. The molecule has 3 aromatic carbocycles. The summed E-state index contributed by atoms with van der Waals surface area (Å²) in [4.78, 5) is 31.0. The quantitative estimate of drug-likeness (QED) is 0.161. The van der Waals surface area contributed by atoms with Gasteiger partial charge in [0.05, 0.1) is 23.1 Å². The van der Waals surface area contributed by atoms with Crippen molar-refractivity contribution in [2.75, 3.05) is 5.32 Å². The molecule has 0 aliphatic heterocycles. The summed E-state index contributed by atoms with van der Waals surface area (Å²) in [5, 5.41) is 6.55. The first-order valence-corrected chi connectivity index (χ1v) is 15.0. The van der Waals surface area contributed by atoms with Gasteiger partial charge in [-0.15, -0.1) is 0 Å². The average molecular weight is 591 g/mol. The fraction of sp³-hybridized carbons (Fsp3) is 0.257. The van der Waals surface area contributed by atoms with Gasteiger partial charge >= 0.3 is 6.09 Å². The number of benzene rings is 3. The average Bonchev–Trinajstić information content (AvgIpc) is 3.52. The number of rotatable bonds is 9. The molecule has 1 saturated carbocycles. The Morgan fingerprint density at radius 1 is 0.932 bits per heavy atom. The number of imidazole rings is 1. The number of nitrogens with one attached hydrogen (secondary N) is 3. The van der Waals surface area contributed by atoms with Crippen molar-refractivity contribution in [1.29, 1.82) is 0 Å². The maximum Gasteiger partial charge on any atom is 0.408 e. The van der Waals surface area contributed by atoms with Crippen molar-refractivity contribution in [1.82, 2.24) is 25.3 Å². The van der Waals surface area contributed by atoms with E-state index in [0.717, 1.165) is 36.0 Å². The van der Waals surface area contributed by atoms with Crippen LogP contribution >= 0.6 is 0 Å². The smallest absolute Gasteiger partial charge is 0.408 e. The monoisotopic (exact) mass is 590 g/mol. The molecule has 1 aliphatic carbocycles. The molecule has 6 rings (SSSR count). The molecular weight excluding hydrogens is 555 g/mol. The van der Waals surface area contributed by atoms with E-state index >= 15 is 0 Å². The molecule has 9 heteroatoms. The lowest BCUT2D eigenvalue weighted by atomic mass is 9.81. The SMILES string of the molecule is CC(Nc1nccc(-c2[nH]c(C3(NC(=O)OCc4ccccc4)CCCCC3)nc2-c2ccc(F)cc2)n1)c1ccccc1. The minimum absolute atomic E-state index is 0.0167. The highest BCUT2D eigenvalue weighted by atomic mass is 19.1. The Balaban J connectivity index is 1.34. The van der Waals surface area contributed by atoms with Crippen molar-refractivity contribution in [2.45, 2.75) is 57.2 Å². The molecule has 1 aliphatic rings. The highest BCUT2D eigenvalue weighted by Crippen LogP contribution is 2.39. The topological polar surface area (TPSA) is 105 Å². The van der Waals surface area contributed by atoms with E-state index in [9.17, 15) is 9.18 Å². The zero-order valence-corrected chi connectivity index (χ0v) is 24.6. The largest absolute Gasteiger partial charge is 0.445 e. The highest BCUT2D eigenvalue weighted by Gasteiger charge is 2.40. The molecule has 44 heavy (non-hydrogen) atoms. The predicted molar refractivity (Wildman–Crippen MR) is 168 cm³/mol. The van der Waals surface area contributed by atoms with Crippen molar-refractivity contribution < 1.29 is 13.9 Å². The number of hydrogen-bond donors (Lipinski definition) is 3. The lowest BCUT2D eigenvalue weighted by molar-refractivity contribution is 0.115. The third-order valence-corrected chi connectivity index (χ3v) is 8.09. The molecule has 0 spiro atoms. The Hall–Kier alpha value is -5.05. The third-order valence-electron chi connectivity index (χ3n) is 8.09. The Bertz CT molecular complexity index is 1690. The molecule has 1 unspecified atom stereocenters. The highest BCUT2D eigenvalue weighted by molar-refractivity contribution is 5.77. The van der Waals surface area contributed by atoms with Gasteiger partial charge in [0.1, 0.15) is 23.8 Å². The van der Waals surface area contributed by atoms with Crippen LogP contribution < -0.4 is 10.6 Å². The minimum atomic E-state index is -0.755. The fourth-order valence-corrected chi connectivity index (χ4v) is 5.72. The van der Waals surface area contributed by atoms with E-state index in [4.69, 9.17) is 14.7 Å². The Morgan fingerprint density at radius 2 is 1.64 bits per heavy atom. The number of aromatic amines is 1. The van der Waals surface area contributed by atoms with Crippen LogP contribution in [0, 0.1) is 5.82 Å². The number of alkyl carbamates (subject to hydrolysis) is 1. The zero-order chi connectivity index (χ0) is 30.4. The van der Waals surface area contributed by atoms with E-state index in [2.05, 4.69) is 39.7 Å². The van der Waals surface area contributed by atoms with E-state index in [0.29, 0.717) is 41.7 Å².